The molecule has 0 saturated carbocycles. The third-order valence-corrected chi connectivity index (χ3v) is 2.82. The monoisotopic (exact) mass is 244 g/mol. The van der Waals surface area contributed by atoms with Crippen molar-refractivity contribution in [2.24, 2.45) is 5.84 Å². The van der Waals surface area contributed by atoms with Gasteiger partial charge in [0.05, 0.1) is 0 Å². The number of hydrogen-bond donors (Lipinski definition) is 2. The van der Waals surface area contributed by atoms with E-state index in [1.165, 1.54) is 0 Å². The van der Waals surface area contributed by atoms with Gasteiger partial charge < -0.3 is 4.57 Å². The van der Waals surface area contributed by atoms with Crippen molar-refractivity contribution in [1.82, 2.24) is 15.0 Å². The van der Waals surface area contributed by atoms with E-state index in [1.807, 2.05) is 48.0 Å². The predicted octanol–water partition coefficient (Wildman–Crippen LogP) is 1.49. The third kappa shape index (κ3) is 2.57. The standard InChI is InChI=1S/C13H16N4O/c1-10(9-12(18)16-14)17-8-7-15-13(17)11-5-3-2-4-6-11/h2-8,10H,9,14H2,1H3,(H,16,18). The fourth-order valence-electron chi connectivity index (χ4n) is 1.91. The summed E-state index contributed by atoms with van der Waals surface area (Å²) in [6.45, 7) is 1.96. The van der Waals surface area contributed by atoms with Gasteiger partial charge in [0.2, 0.25) is 5.91 Å². The van der Waals surface area contributed by atoms with Crippen molar-refractivity contribution in [3.05, 3.63) is 42.7 Å². The lowest BCUT2D eigenvalue weighted by Gasteiger charge is -2.15. The Morgan fingerprint density at radius 1 is 1.44 bits per heavy atom. The Balaban J connectivity index is 2.25. The van der Waals surface area contributed by atoms with E-state index >= 15 is 0 Å². The quantitative estimate of drug-likeness (QED) is 0.486. The topological polar surface area (TPSA) is 72.9 Å². The van der Waals surface area contributed by atoms with E-state index in [0.29, 0.717) is 6.42 Å². The fourth-order valence-corrected chi connectivity index (χ4v) is 1.91. The molecule has 1 heterocycles. The van der Waals surface area contributed by atoms with Crippen LogP contribution in [0, 0.1) is 0 Å². The maximum Gasteiger partial charge on any atom is 0.235 e. The number of nitrogens with two attached hydrogens (primary N) is 1. The molecule has 1 amide bonds. The lowest BCUT2D eigenvalue weighted by molar-refractivity contribution is -0.121. The number of aromatic nitrogens is 2. The molecule has 1 aromatic carbocycles. The molecule has 2 rings (SSSR count). The maximum absolute atomic E-state index is 11.3. The van der Waals surface area contributed by atoms with Crippen molar-refractivity contribution in [3.8, 4) is 11.4 Å². The molecule has 1 aromatic heterocycles. The molecule has 5 nitrogen and oxygen atoms in total. The van der Waals surface area contributed by atoms with Crippen LogP contribution in [0.2, 0.25) is 0 Å². The highest BCUT2D eigenvalue weighted by Crippen LogP contribution is 2.22. The summed E-state index contributed by atoms with van der Waals surface area (Å²) in [6, 6.07) is 9.88. The average Bonchev–Trinajstić information content (AvgIpc) is 2.88. The van der Waals surface area contributed by atoms with E-state index < -0.39 is 0 Å². The number of nitrogens with zero attached hydrogens (tertiary/aromatic N) is 2. The molecule has 1 atom stereocenters. The number of amides is 1. The number of hydrazine groups is 1. The third-order valence-electron chi connectivity index (χ3n) is 2.82. The zero-order valence-corrected chi connectivity index (χ0v) is 10.2. The number of hydrogen-bond acceptors (Lipinski definition) is 3. The molecule has 0 saturated heterocycles. The van der Waals surface area contributed by atoms with E-state index in [-0.39, 0.29) is 11.9 Å². The molecular formula is C13H16N4O. The molecule has 1 unspecified atom stereocenters. The lowest BCUT2D eigenvalue weighted by Crippen LogP contribution is -2.31. The van der Waals surface area contributed by atoms with Crippen LogP contribution in [-0.4, -0.2) is 15.5 Å². The zero-order chi connectivity index (χ0) is 13.0. The van der Waals surface area contributed by atoms with E-state index in [4.69, 9.17) is 5.84 Å². The van der Waals surface area contributed by atoms with Gasteiger partial charge in [0.15, 0.2) is 0 Å². The van der Waals surface area contributed by atoms with Crippen molar-refractivity contribution in [2.45, 2.75) is 19.4 Å². The van der Waals surface area contributed by atoms with Crippen LogP contribution in [0.4, 0.5) is 0 Å². The summed E-state index contributed by atoms with van der Waals surface area (Å²) in [5.41, 5.74) is 3.17. The molecule has 0 aliphatic heterocycles. The summed E-state index contributed by atoms with van der Waals surface area (Å²) in [5.74, 6) is 5.77. The molecule has 94 valence electrons. The van der Waals surface area contributed by atoms with E-state index in [9.17, 15) is 4.79 Å². The van der Waals surface area contributed by atoms with Crippen LogP contribution >= 0.6 is 0 Å². The number of rotatable bonds is 4. The summed E-state index contributed by atoms with van der Waals surface area (Å²) in [4.78, 5) is 15.6. The van der Waals surface area contributed by atoms with Crippen LogP contribution in [-0.2, 0) is 4.79 Å². The minimum absolute atomic E-state index is 0.00579. The predicted molar refractivity (Wildman–Crippen MR) is 69.3 cm³/mol. The molecule has 0 spiro atoms. The minimum Gasteiger partial charge on any atom is -0.328 e. The van der Waals surface area contributed by atoms with Crippen molar-refractivity contribution in [3.63, 3.8) is 0 Å². The highest BCUT2D eigenvalue weighted by molar-refractivity contribution is 5.75. The molecule has 3 N–H and O–H groups in total. The van der Waals surface area contributed by atoms with Crippen LogP contribution in [0.5, 0.6) is 0 Å². The molecule has 5 heteroatoms. The molecule has 0 radical (unpaired) electrons. The molecule has 18 heavy (non-hydrogen) atoms. The molecule has 0 fully saturated rings. The van der Waals surface area contributed by atoms with Crippen LogP contribution in [0.15, 0.2) is 42.7 Å². The van der Waals surface area contributed by atoms with Gasteiger partial charge in [-0.05, 0) is 6.92 Å². The van der Waals surface area contributed by atoms with E-state index in [1.54, 1.807) is 6.20 Å². The van der Waals surface area contributed by atoms with Crippen molar-refractivity contribution in [2.75, 3.05) is 0 Å². The Morgan fingerprint density at radius 3 is 2.83 bits per heavy atom. The van der Waals surface area contributed by atoms with Crippen LogP contribution in [0.3, 0.4) is 0 Å². The van der Waals surface area contributed by atoms with Gasteiger partial charge in [-0.25, -0.2) is 10.8 Å². The second-order valence-corrected chi connectivity index (χ2v) is 4.14. The average molecular weight is 244 g/mol. The summed E-state index contributed by atoms with van der Waals surface area (Å²) in [7, 11) is 0. The van der Waals surface area contributed by atoms with Gasteiger partial charge in [-0.15, -0.1) is 0 Å². The van der Waals surface area contributed by atoms with Gasteiger partial charge in [0.25, 0.3) is 0 Å². The zero-order valence-electron chi connectivity index (χ0n) is 10.2. The number of carbonyl (C=O) groups excluding carboxylic acids is 1. The molecule has 2 aromatic rings. The SMILES string of the molecule is CC(CC(=O)NN)n1ccnc1-c1ccccc1. The number of carbonyl (C=O) groups is 1. The van der Waals surface area contributed by atoms with Gasteiger partial charge in [-0.3, -0.25) is 10.2 Å². The Labute approximate surface area is 106 Å². The van der Waals surface area contributed by atoms with Crippen molar-refractivity contribution >= 4 is 5.91 Å². The fraction of sp³-hybridized carbons (Fsp3) is 0.231. The second kappa shape index (κ2) is 5.46. The Morgan fingerprint density at radius 2 is 2.17 bits per heavy atom. The van der Waals surface area contributed by atoms with Crippen LogP contribution in [0.25, 0.3) is 11.4 Å². The number of nitrogens with one attached hydrogen (secondary N) is 1. The van der Waals surface area contributed by atoms with Crippen LogP contribution in [0.1, 0.15) is 19.4 Å². The summed E-state index contributed by atoms with van der Waals surface area (Å²) in [5, 5.41) is 0. The number of imidazole rings is 1. The van der Waals surface area contributed by atoms with Gasteiger partial charge in [-0.1, -0.05) is 30.3 Å². The van der Waals surface area contributed by atoms with Gasteiger partial charge in [0, 0.05) is 30.4 Å². The summed E-state index contributed by atoms with van der Waals surface area (Å²) < 4.78 is 1.98. The van der Waals surface area contributed by atoms with Crippen LogP contribution < -0.4 is 11.3 Å². The van der Waals surface area contributed by atoms with Gasteiger partial charge in [0.1, 0.15) is 5.82 Å². The molecular weight excluding hydrogens is 228 g/mol. The first-order valence-electron chi connectivity index (χ1n) is 5.80. The van der Waals surface area contributed by atoms with E-state index in [0.717, 1.165) is 11.4 Å². The van der Waals surface area contributed by atoms with Crippen molar-refractivity contribution in [1.29, 1.82) is 0 Å². The summed E-state index contributed by atoms with van der Waals surface area (Å²) >= 11 is 0. The Kier molecular flexibility index (Phi) is 3.74. The molecule has 0 aliphatic rings. The highest BCUT2D eigenvalue weighted by Gasteiger charge is 2.14. The normalized spacial score (nSPS) is 12.1. The Hall–Kier alpha value is -2.14. The van der Waals surface area contributed by atoms with Crippen molar-refractivity contribution < 1.29 is 4.79 Å². The second-order valence-electron chi connectivity index (χ2n) is 4.14. The first-order valence-corrected chi connectivity index (χ1v) is 5.80. The largest absolute Gasteiger partial charge is 0.328 e. The molecule has 0 bridgehead atoms. The first-order chi connectivity index (χ1) is 8.72. The molecule has 0 aliphatic carbocycles. The minimum atomic E-state index is -0.185. The smallest absolute Gasteiger partial charge is 0.235 e. The van der Waals surface area contributed by atoms with Gasteiger partial charge >= 0.3 is 0 Å². The van der Waals surface area contributed by atoms with Gasteiger partial charge in [-0.2, -0.15) is 0 Å². The first kappa shape index (κ1) is 12.3. The van der Waals surface area contributed by atoms with E-state index in [2.05, 4.69) is 10.4 Å². The highest BCUT2D eigenvalue weighted by atomic mass is 16.2. The summed E-state index contributed by atoms with van der Waals surface area (Å²) in [6.07, 6.45) is 3.93. The number of benzene rings is 1. The maximum atomic E-state index is 11.3. The Bertz CT molecular complexity index is 521. The lowest BCUT2D eigenvalue weighted by atomic mass is 10.2.